The topological polar surface area (TPSA) is 42.7 Å². The number of nitrogens with one attached hydrogen (secondary N) is 1. The molecule has 1 unspecified atom stereocenters. The molecule has 0 aliphatic carbocycles. The molecule has 2 rings (SSSR count). The Morgan fingerprint density at radius 1 is 1.33 bits per heavy atom. The van der Waals surface area contributed by atoms with Gasteiger partial charge in [0.15, 0.2) is 0 Å². The van der Waals surface area contributed by atoms with E-state index in [2.05, 4.69) is 51.5 Å². The Balaban J connectivity index is 2.45. The average molecular weight is 309 g/mol. The molecule has 18 heavy (non-hydrogen) atoms. The van der Waals surface area contributed by atoms with Gasteiger partial charge in [0.2, 0.25) is 0 Å². The fourth-order valence-electron chi connectivity index (χ4n) is 1.88. The van der Waals surface area contributed by atoms with E-state index in [0.717, 1.165) is 21.5 Å². The molecule has 0 aliphatic rings. The van der Waals surface area contributed by atoms with Crippen LogP contribution >= 0.6 is 15.9 Å². The smallest absolute Gasteiger partial charge is 0.103 e. The SMILES string of the molecule is CNC(C)c1nnn(-c2ccc(Br)c(C)c2)c1C. The van der Waals surface area contributed by atoms with Crippen LogP contribution in [0.3, 0.4) is 0 Å². The van der Waals surface area contributed by atoms with Crippen LogP contribution in [0.4, 0.5) is 0 Å². The zero-order valence-corrected chi connectivity index (χ0v) is 12.6. The predicted octanol–water partition coefficient (Wildman–Crippen LogP) is 2.93. The molecule has 2 aromatic rings. The van der Waals surface area contributed by atoms with Gasteiger partial charge in [0.25, 0.3) is 0 Å². The van der Waals surface area contributed by atoms with Crippen LogP contribution in [-0.2, 0) is 0 Å². The Kier molecular flexibility index (Phi) is 3.82. The summed E-state index contributed by atoms with van der Waals surface area (Å²) >= 11 is 3.50. The maximum atomic E-state index is 4.25. The molecule has 1 atom stereocenters. The first-order chi connectivity index (χ1) is 8.54. The van der Waals surface area contributed by atoms with E-state index in [1.165, 1.54) is 5.56 Å². The van der Waals surface area contributed by atoms with Crippen molar-refractivity contribution in [1.29, 1.82) is 0 Å². The molecule has 1 N–H and O–H groups in total. The molecule has 4 nitrogen and oxygen atoms in total. The highest BCUT2D eigenvalue weighted by Crippen LogP contribution is 2.22. The Labute approximate surface area is 116 Å². The molecule has 0 bridgehead atoms. The minimum Gasteiger partial charge on any atom is -0.312 e. The second kappa shape index (κ2) is 5.20. The molecular weight excluding hydrogens is 292 g/mol. The minimum atomic E-state index is 0.204. The third-order valence-electron chi connectivity index (χ3n) is 3.16. The summed E-state index contributed by atoms with van der Waals surface area (Å²) in [6.07, 6.45) is 0. The quantitative estimate of drug-likeness (QED) is 0.948. The maximum absolute atomic E-state index is 4.25. The van der Waals surface area contributed by atoms with Gasteiger partial charge < -0.3 is 5.32 Å². The fourth-order valence-corrected chi connectivity index (χ4v) is 2.13. The van der Waals surface area contributed by atoms with Gasteiger partial charge in [-0.15, -0.1) is 5.10 Å². The molecule has 96 valence electrons. The summed E-state index contributed by atoms with van der Waals surface area (Å²) in [5, 5.41) is 11.7. The van der Waals surface area contributed by atoms with Crippen molar-refractivity contribution in [2.75, 3.05) is 7.05 Å². The molecule has 5 heteroatoms. The van der Waals surface area contributed by atoms with E-state index in [4.69, 9.17) is 0 Å². The minimum absolute atomic E-state index is 0.204. The second-order valence-corrected chi connectivity index (χ2v) is 5.27. The standard InChI is InChI=1S/C13H17BrN4/c1-8-7-11(5-6-12(8)14)18-10(3)13(16-17-18)9(2)15-4/h5-7,9,15H,1-4H3. The van der Waals surface area contributed by atoms with Crippen molar-refractivity contribution >= 4 is 15.9 Å². The molecule has 0 fully saturated rings. The van der Waals surface area contributed by atoms with E-state index in [1.807, 2.05) is 30.8 Å². The number of hydrogen-bond donors (Lipinski definition) is 1. The number of nitrogens with zero attached hydrogens (tertiary/aromatic N) is 3. The average Bonchev–Trinajstić information content (AvgIpc) is 2.74. The number of aromatic nitrogens is 3. The van der Waals surface area contributed by atoms with E-state index in [-0.39, 0.29) is 6.04 Å². The lowest BCUT2D eigenvalue weighted by atomic mass is 10.2. The molecule has 1 heterocycles. The van der Waals surface area contributed by atoms with Gasteiger partial charge in [-0.1, -0.05) is 21.1 Å². The van der Waals surface area contributed by atoms with Gasteiger partial charge in [0.1, 0.15) is 5.69 Å². The van der Waals surface area contributed by atoms with Gasteiger partial charge in [-0.3, -0.25) is 0 Å². The molecule has 0 saturated carbocycles. The number of hydrogen-bond acceptors (Lipinski definition) is 3. The lowest BCUT2D eigenvalue weighted by Gasteiger charge is -2.09. The predicted molar refractivity (Wildman–Crippen MR) is 76.0 cm³/mol. The highest BCUT2D eigenvalue weighted by molar-refractivity contribution is 9.10. The van der Waals surface area contributed by atoms with Gasteiger partial charge in [0, 0.05) is 4.47 Å². The number of benzene rings is 1. The molecular formula is C13H17BrN4. The van der Waals surface area contributed by atoms with Crippen molar-refractivity contribution in [3.8, 4) is 5.69 Å². The Morgan fingerprint density at radius 2 is 2.06 bits per heavy atom. The van der Waals surface area contributed by atoms with E-state index in [1.54, 1.807) is 0 Å². The fraction of sp³-hybridized carbons (Fsp3) is 0.385. The molecule has 0 aliphatic heterocycles. The van der Waals surface area contributed by atoms with Crippen LogP contribution in [0.2, 0.25) is 0 Å². The summed E-state index contributed by atoms with van der Waals surface area (Å²) in [5.41, 5.74) is 4.28. The zero-order valence-electron chi connectivity index (χ0n) is 11.0. The summed E-state index contributed by atoms with van der Waals surface area (Å²) in [6.45, 7) is 6.19. The van der Waals surface area contributed by atoms with E-state index in [0.29, 0.717) is 0 Å². The van der Waals surface area contributed by atoms with Gasteiger partial charge in [-0.25, -0.2) is 4.68 Å². The monoisotopic (exact) mass is 308 g/mol. The summed E-state index contributed by atoms with van der Waals surface area (Å²) < 4.78 is 2.98. The molecule has 0 spiro atoms. The molecule has 1 aromatic heterocycles. The summed E-state index contributed by atoms with van der Waals surface area (Å²) in [6, 6.07) is 6.37. The number of aryl methyl sites for hydroxylation is 1. The van der Waals surface area contributed by atoms with Crippen LogP contribution in [0.15, 0.2) is 22.7 Å². The third-order valence-corrected chi connectivity index (χ3v) is 4.05. The molecule has 0 saturated heterocycles. The first-order valence-electron chi connectivity index (χ1n) is 5.90. The van der Waals surface area contributed by atoms with Crippen molar-refractivity contribution in [3.63, 3.8) is 0 Å². The third kappa shape index (κ3) is 2.33. The molecule has 1 aromatic carbocycles. The van der Waals surface area contributed by atoms with Crippen LogP contribution in [0.1, 0.15) is 29.9 Å². The molecule has 0 amide bonds. The Hall–Kier alpha value is -1.20. The largest absolute Gasteiger partial charge is 0.312 e. The van der Waals surface area contributed by atoms with E-state index < -0.39 is 0 Å². The molecule has 0 radical (unpaired) electrons. The lowest BCUT2D eigenvalue weighted by molar-refractivity contribution is 0.627. The highest BCUT2D eigenvalue weighted by atomic mass is 79.9. The van der Waals surface area contributed by atoms with Crippen molar-refractivity contribution in [2.24, 2.45) is 0 Å². The summed E-state index contributed by atoms with van der Waals surface area (Å²) in [5.74, 6) is 0. The number of halogens is 1. The van der Waals surface area contributed by atoms with Crippen LogP contribution in [0.25, 0.3) is 5.69 Å². The highest BCUT2D eigenvalue weighted by Gasteiger charge is 2.14. The van der Waals surface area contributed by atoms with Crippen LogP contribution < -0.4 is 5.32 Å². The summed E-state index contributed by atoms with van der Waals surface area (Å²) in [7, 11) is 1.92. The first kappa shape index (κ1) is 13.2. The Bertz CT molecular complexity index is 562. The van der Waals surface area contributed by atoms with Crippen molar-refractivity contribution in [2.45, 2.75) is 26.8 Å². The Morgan fingerprint density at radius 3 is 2.67 bits per heavy atom. The second-order valence-electron chi connectivity index (χ2n) is 4.42. The van der Waals surface area contributed by atoms with Crippen LogP contribution in [-0.4, -0.2) is 22.0 Å². The normalized spacial score (nSPS) is 12.7. The van der Waals surface area contributed by atoms with E-state index in [9.17, 15) is 0 Å². The van der Waals surface area contributed by atoms with E-state index >= 15 is 0 Å². The zero-order chi connectivity index (χ0) is 13.3. The maximum Gasteiger partial charge on any atom is 0.103 e. The number of rotatable bonds is 3. The van der Waals surface area contributed by atoms with Crippen molar-refractivity contribution in [3.05, 3.63) is 39.6 Å². The van der Waals surface area contributed by atoms with Gasteiger partial charge in [-0.05, 0) is 51.6 Å². The van der Waals surface area contributed by atoms with Crippen molar-refractivity contribution < 1.29 is 0 Å². The summed E-state index contributed by atoms with van der Waals surface area (Å²) in [4.78, 5) is 0. The van der Waals surface area contributed by atoms with Crippen LogP contribution in [0.5, 0.6) is 0 Å². The first-order valence-corrected chi connectivity index (χ1v) is 6.70. The lowest BCUT2D eigenvalue weighted by Crippen LogP contribution is -2.14. The van der Waals surface area contributed by atoms with Crippen molar-refractivity contribution in [1.82, 2.24) is 20.3 Å². The van der Waals surface area contributed by atoms with Gasteiger partial charge in [0.05, 0.1) is 17.4 Å². The van der Waals surface area contributed by atoms with Gasteiger partial charge in [-0.2, -0.15) is 0 Å². The van der Waals surface area contributed by atoms with Gasteiger partial charge >= 0.3 is 0 Å². The van der Waals surface area contributed by atoms with Crippen LogP contribution in [0, 0.1) is 13.8 Å².